The predicted molar refractivity (Wildman–Crippen MR) is 135 cm³/mol. The highest BCUT2D eigenvalue weighted by Crippen LogP contribution is 2.23. The van der Waals surface area contributed by atoms with Crippen LogP contribution in [0.15, 0.2) is 83.3 Å². The molecule has 33 heavy (non-hydrogen) atoms. The van der Waals surface area contributed by atoms with Crippen LogP contribution in [0.25, 0.3) is 0 Å². The molecule has 0 aliphatic carbocycles. The van der Waals surface area contributed by atoms with Gasteiger partial charge in [0, 0.05) is 18.9 Å². The molecule has 3 aromatic rings. The molecule has 0 saturated heterocycles. The van der Waals surface area contributed by atoms with Crippen LogP contribution in [0.4, 0.5) is 11.4 Å². The van der Waals surface area contributed by atoms with Crippen LogP contribution in [0.1, 0.15) is 57.8 Å². The van der Waals surface area contributed by atoms with Crippen LogP contribution in [-0.2, 0) is 6.54 Å². The van der Waals surface area contributed by atoms with Crippen molar-refractivity contribution in [2.24, 2.45) is 10.2 Å². The van der Waals surface area contributed by atoms with Gasteiger partial charge in [-0.3, -0.25) is 0 Å². The lowest BCUT2D eigenvalue weighted by molar-refractivity contribution is 0.304. The zero-order valence-corrected chi connectivity index (χ0v) is 19.9. The van der Waals surface area contributed by atoms with Gasteiger partial charge < -0.3 is 14.0 Å². The van der Waals surface area contributed by atoms with Gasteiger partial charge in [-0.25, -0.2) is 0 Å². The molecule has 5 nitrogen and oxygen atoms in total. The molecular weight excluding hydrogens is 410 g/mol. The van der Waals surface area contributed by atoms with Crippen molar-refractivity contribution in [3.05, 3.63) is 73.1 Å². The average Bonchev–Trinajstić information content (AvgIpc) is 3.38. The molecule has 0 aliphatic heterocycles. The molecule has 0 fully saturated rings. The van der Waals surface area contributed by atoms with Crippen molar-refractivity contribution in [1.29, 1.82) is 0 Å². The normalized spacial score (nSPS) is 11.2. The standard InChI is InChI=1S/C28H37N3O2/c1-32-27-17-13-25(14-18-27)29-30-26-15-19-28(20-16-26)33-24-12-8-6-4-2-3-5-7-9-21-31-22-10-11-23-31/h10-11,13-20,22-23H,2-9,12,21,24H2,1H3. The number of azo groups is 1. The van der Waals surface area contributed by atoms with Crippen LogP contribution in [-0.4, -0.2) is 18.3 Å². The number of nitrogens with zero attached hydrogens (tertiary/aromatic N) is 3. The zero-order valence-electron chi connectivity index (χ0n) is 19.9. The first-order valence-corrected chi connectivity index (χ1v) is 12.2. The molecule has 0 radical (unpaired) electrons. The number of hydrogen-bond acceptors (Lipinski definition) is 4. The maximum Gasteiger partial charge on any atom is 0.119 e. The Morgan fingerprint density at radius 1 is 0.606 bits per heavy atom. The summed E-state index contributed by atoms with van der Waals surface area (Å²) < 4.78 is 13.3. The lowest BCUT2D eigenvalue weighted by Gasteiger charge is -2.06. The minimum Gasteiger partial charge on any atom is -0.497 e. The summed E-state index contributed by atoms with van der Waals surface area (Å²) in [6.45, 7) is 1.93. The molecule has 0 unspecified atom stereocenters. The Balaban J connectivity index is 1.17. The Morgan fingerprint density at radius 3 is 1.64 bits per heavy atom. The molecule has 0 amide bonds. The first-order valence-electron chi connectivity index (χ1n) is 12.2. The van der Waals surface area contributed by atoms with E-state index in [1.165, 1.54) is 51.4 Å². The smallest absolute Gasteiger partial charge is 0.119 e. The van der Waals surface area contributed by atoms with Crippen molar-refractivity contribution in [3.63, 3.8) is 0 Å². The first-order chi connectivity index (χ1) is 16.3. The minimum atomic E-state index is 0.770. The van der Waals surface area contributed by atoms with E-state index >= 15 is 0 Å². The van der Waals surface area contributed by atoms with E-state index < -0.39 is 0 Å². The Morgan fingerprint density at radius 2 is 1.09 bits per heavy atom. The number of aryl methyl sites for hydroxylation is 1. The number of unbranched alkanes of at least 4 members (excludes halogenated alkanes) is 8. The zero-order chi connectivity index (χ0) is 23.0. The third-order valence-corrected chi connectivity index (χ3v) is 5.69. The summed E-state index contributed by atoms with van der Waals surface area (Å²) >= 11 is 0. The van der Waals surface area contributed by atoms with Gasteiger partial charge in [0.1, 0.15) is 11.5 Å². The van der Waals surface area contributed by atoms with E-state index in [0.29, 0.717) is 0 Å². The molecule has 0 aliphatic rings. The molecule has 0 atom stereocenters. The highest BCUT2D eigenvalue weighted by Gasteiger charge is 1.98. The van der Waals surface area contributed by atoms with Gasteiger partial charge in [-0.15, -0.1) is 0 Å². The molecule has 176 valence electrons. The van der Waals surface area contributed by atoms with Gasteiger partial charge in [-0.2, -0.15) is 10.2 Å². The largest absolute Gasteiger partial charge is 0.497 e. The van der Waals surface area contributed by atoms with Gasteiger partial charge in [0.25, 0.3) is 0 Å². The molecule has 0 spiro atoms. The number of rotatable bonds is 16. The SMILES string of the molecule is COc1ccc(N=Nc2ccc(OCCCCCCCCCCCn3cccc3)cc2)cc1. The van der Waals surface area contributed by atoms with E-state index in [4.69, 9.17) is 9.47 Å². The summed E-state index contributed by atoms with van der Waals surface area (Å²) in [6.07, 6.45) is 16.0. The second-order valence-electron chi connectivity index (χ2n) is 8.34. The van der Waals surface area contributed by atoms with Gasteiger partial charge >= 0.3 is 0 Å². The molecular formula is C28H37N3O2. The quantitative estimate of drug-likeness (QED) is 0.163. The van der Waals surface area contributed by atoms with E-state index in [-0.39, 0.29) is 0 Å². The number of hydrogen-bond donors (Lipinski definition) is 0. The second-order valence-corrected chi connectivity index (χ2v) is 8.34. The van der Waals surface area contributed by atoms with Crippen LogP contribution in [0.3, 0.4) is 0 Å². The number of benzene rings is 2. The third kappa shape index (κ3) is 9.94. The third-order valence-electron chi connectivity index (χ3n) is 5.69. The maximum atomic E-state index is 5.86. The summed E-state index contributed by atoms with van der Waals surface area (Å²) in [7, 11) is 1.65. The van der Waals surface area contributed by atoms with Crippen LogP contribution in [0.5, 0.6) is 11.5 Å². The minimum absolute atomic E-state index is 0.770. The topological polar surface area (TPSA) is 48.1 Å². The molecule has 0 bridgehead atoms. The summed E-state index contributed by atoms with van der Waals surface area (Å²) in [4.78, 5) is 0. The summed E-state index contributed by atoms with van der Waals surface area (Å²) in [6, 6.07) is 19.5. The van der Waals surface area contributed by atoms with Gasteiger partial charge in [-0.1, -0.05) is 44.9 Å². The van der Waals surface area contributed by atoms with Crippen LogP contribution >= 0.6 is 0 Å². The fourth-order valence-electron chi connectivity index (χ4n) is 3.72. The first kappa shape index (κ1) is 24.6. The molecule has 0 N–H and O–H groups in total. The molecule has 1 heterocycles. The number of aromatic nitrogens is 1. The molecule has 5 heteroatoms. The Kier molecular flexibility index (Phi) is 11.1. The van der Waals surface area contributed by atoms with E-state index in [1.54, 1.807) is 7.11 Å². The van der Waals surface area contributed by atoms with Crippen molar-refractivity contribution < 1.29 is 9.47 Å². The van der Waals surface area contributed by atoms with E-state index in [1.807, 2.05) is 48.5 Å². The summed E-state index contributed by atoms with van der Waals surface area (Å²) in [5.74, 6) is 1.70. The fourth-order valence-corrected chi connectivity index (χ4v) is 3.72. The van der Waals surface area contributed by atoms with Crippen molar-refractivity contribution in [3.8, 4) is 11.5 Å². The van der Waals surface area contributed by atoms with Gasteiger partial charge in [0.05, 0.1) is 25.1 Å². The Bertz CT molecular complexity index is 903. The predicted octanol–water partition coefficient (Wildman–Crippen LogP) is 8.50. The Labute approximate surface area is 198 Å². The lowest BCUT2D eigenvalue weighted by atomic mass is 10.1. The number of methoxy groups -OCH3 is 1. The van der Waals surface area contributed by atoms with Crippen LogP contribution < -0.4 is 9.47 Å². The number of ether oxygens (including phenoxy) is 2. The molecule has 1 aromatic heterocycles. The monoisotopic (exact) mass is 447 g/mol. The average molecular weight is 448 g/mol. The van der Waals surface area contributed by atoms with Crippen molar-refractivity contribution >= 4 is 11.4 Å². The fraction of sp³-hybridized carbons (Fsp3) is 0.429. The van der Waals surface area contributed by atoms with Gasteiger partial charge in [0.15, 0.2) is 0 Å². The highest BCUT2D eigenvalue weighted by atomic mass is 16.5. The van der Waals surface area contributed by atoms with Gasteiger partial charge in [0.2, 0.25) is 0 Å². The summed E-state index contributed by atoms with van der Waals surface area (Å²) in [5.41, 5.74) is 1.60. The van der Waals surface area contributed by atoms with Crippen molar-refractivity contribution in [1.82, 2.24) is 4.57 Å². The van der Waals surface area contributed by atoms with Crippen LogP contribution in [0.2, 0.25) is 0 Å². The van der Waals surface area contributed by atoms with Crippen molar-refractivity contribution in [2.75, 3.05) is 13.7 Å². The summed E-state index contributed by atoms with van der Waals surface area (Å²) in [5, 5.41) is 8.53. The van der Waals surface area contributed by atoms with Gasteiger partial charge in [-0.05, 0) is 73.5 Å². The molecule has 2 aromatic carbocycles. The lowest BCUT2D eigenvalue weighted by Crippen LogP contribution is -1.97. The van der Waals surface area contributed by atoms with E-state index in [0.717, 1.165) is 42.4 Å². The molecule has 0 saturated carbocycles. The maximum absolute atomic E-state index is 5.86. The van der Waals surface area contributed by atoms with E-state index in [2.05, 4.69) is 39.3 Å². The Hall–Kier alpha value is -3.08. The van der Waals surface area contributed by atoms with Crippen LogP contribution in [0, 0.1) is 0 Å². The highest BCUT2D eigenvalue weighted by molar-refractivity contribution is 5.44. The second kappa shape index (κ2) is 14.9. The van der Waals surface area contributed by atoms with E-state index in [9.17, 15) is 0 Å². The van der Waals surface area contributed by atoms with Crippen molar-refractivity contribution in [2.45, 2.75) is 64.3 Å². The molecule has 3 rings (SSSR count).